The van der Waals surface area contributed by atoms with Gasteiger partial charge in [-0.2, -0.15) is 4.79 Å². The fourth-order valence-electron chi connectivity index (χ4n) is 0.709. The van der Waals surface area contributed by atoms with E-state index in [1.807, 2.05) is 0 Å². The molecule has 0 heterocycles. The van der Waals surface area contributed by atoms with Gasteiger partial charge in [0.1, 0.15) is 0 Å². The summed E-state index contributed by atoms with van der Waals surface area (Å²) in [5.74, 6) is -1.79. The van der Waals surface area contributed by atoms with Crippen molar-refractivity contribution in [3.05, 3.63) is 35.6 Å². The van der Waals surface area contributed by atoms with Crippen molar-refractivity contribution in [3.63, 3.8) is 0 Å². The Balaban J connectivity index is 2.80. The molecule has 13 heavy (non-hydrogen) atoms. The summed E-state index contributed by atoms with van der Waals surface area (Å²) in [7, 11) is 0. The van der Waals surface area contributed by atoms with Crippen LogP contribution in [-0.4, -0.2) is 17.0 Å². The molecule has 1 rings (SSSR count). The first-order valence-corrected chi connectivity index (χ1v) is 3.38. The summed E-state index contributed by atoms with van der Waals surface area (Å²) in [6, 6.07) is 5.42. The lowest BCUT2D eigenvalue weighted by Gasteiger charge is -1.98. The van der Waals surface area contributed by atoms with Crippen molar-refractivity contribution in [3.8, 4) is 5.75 Å². The predicted molar refractivity (Wildman–Crippen MR) is 41.7 cm³/mol. The largest absolute Gasteiger partial charge is 0.419 e. The zero-order valence-electron chi connectivity index (χ0n) is 6.48. The van der Waals surface area contributed by atoms with Crippen molar-refractivity contribution in [1.82, 2.24) is 0 Å². The standard InChI is InChI=1S/C8H5FN2O2/c9-6-3-1-2-4-7(6)13-8(12)5-11-10/h1-5H. The van der Waals surface area contributed by atoms with Crippen molar-refractivity contribution in [2.75, 3.05) is 0 Å². The van der Waals surface area contributed by atoms with Crippen molar-refractivity contribution >= 4 is 12.2 Å². The van der Waals surface area contributed by atoms with Crippen LogP contribution >= 0.6 is 0 Å². The van der Waals surface area contributed by atoms with Crippen LogP contribution in [-0.2, 0) is 4.79 Å². The van der Waals surface area contributed by atoms with E-state index in [9.17, 15) is 9.18 Å². The van der Waals surface area contributed by atoms with E-state index in [0.29, 0.717) is 6.21 Å². The van der Waals surface area contributed by atoms with Crippen molar-refractivity contribution in [1.29, 1.82) is 0 Å². The molecule has 0 amide bonds. The fraction of sp³-hybridized carbons (Fsp3) is 0. The molecule has 0 aromatic heterocycles. The van der Waals surface area contributed by atoms with Crippen LogP contribution in [0.25, 0.3) is 5.53 Å². The molecule has 0 saturated carbocycles. The van der Waals surface area contributed by atoms with Gasteiger partial charge in [0.05, 0.1) is 0 Å². The van der Waals surface area contributed by atoms with E-state index in [-0.39, 0.29) is 5.75 Å². The van der Waals surface area contributed by atoms with Gasteiger partial charge in [0, 0.05) is 0 Å². The Morgan fingerprint density at radius 1 is 1.54 bits per heavy atom. The van der Waals surface area contributed by atoms with Gasteiger partial charge in [-0.25, -0.2) is 9.18 Å². The Hall–Kier alpha value is -2.00. The van der Waals surface area contributed by atoms with Gasteiger partial charge in [0.25, 0.3) is 0 Å². The number of carbonyl (C=O) groups is 1. The molecule has 0 aliphatic carbocycles. The van der Waals surface area contributed by atoms with E-state index >= 15 is 0 Å². The Labute approximate surface area is 73.2 Å². The summed E-state index contributed by atoms with van der Waals surface area (Å²) in [6.45, 7) is 0. The van der Waals surface area contributed by atoms with E-state index in [1.54, 1.807) is 0 Å². The Kier molecular flexibility index (Phi) is 2.89. The van der Waals surface area contributed by atoms with Gasteiger partial charge >= 0.3 is 12.2 Å². The maximum Gasteiger partial charge on any atom is 0.419 e. The number of hydrogen-bond acceptors (Lipinski definition) is 2. The maximum absolute atomic E-state index is 12.8. The van der Waals surface area contributed by atoms with Crippen molar-refractivity contribution in [2.24, 2.45) is 0 Å². The molecule has 66 valence electrons. The summed E-state index contributed by atoms with van der Waals surface area (Å²) in [6.07, 6.45) is 0.534. The molecule has 0 aliphatic heterocycles. The monoisotopic (exact) mass is 180 g/mol. The number of carbonyl (C=O) groups excluding carboxylic acids is 1. The van der Waals surface area contributed by atoms with E-state index in [4.69, 9.17) is 5.53 Å². The molecule has 0 unspecified atom stereocenters. The van der Waals surface area contributed by atoms with Crippen LogP contribution in [0.2, 0.25) is 0 Å². The molecule has 1 aromatic carbocycles. The van der Waals surface area contributed by atoms with Crippen molar-refractivity contribution < 1.29 is 18.7 Å². The Morgan fingerprint density at radius 3 is 2.85 bits per heavy atom. The van der Waals surface area contributed by atoms with E-state index in [0.717, 1.165) is 6.07 Å². The molecule has 5 heteroatoms. The third kappa shape index (κ3) is 2.50. The van der Waals surface area contributed by atoms with Crippen molar-refractivity contribution in [2.45, 2.75) is 0 Å². The normalized spacial score (nSPS) is 8.69. The average Bonchev–Trinajstić information content (AvgIpc) is 2.09. The second kappa shape index (κ2) is 4.13. The number of hydrogen-bond donors (Lipinski definition) is 0. The molecule has 0 bridgehead atoms. The van der Waals surface area contributed by atoms with Gasteiger partial charge in [0.15, 0.2) is 11.6 Å². The molecule has 1 aromatic rings. The van der Waals surface area contributed by atoms with Crippen LogP contribution in [0.3, 0.4) is 0 Å². The minimum Gasteiger partial charge on any atom is -0.415 e. The maximum atomic E-state index is 12.8. The first-order valence-electron chi connectivity index (χ1n) is 3.38. The van der Waals surface area contributed by atoms with Gasteiger partial charge in [-0.05, 0) is 12.1 Å². The summed E-state index contributed by atoms with van der Waals surface area (Å²) in [4.78, 5) is 13.1. The lowest BCUT2D eigenvalue weighted by molar-refractivity contribution is -0.130. The highest BCUT2D eigenvalue weighted by atomic mass is 19.1. The van der Waals surface area contributed by atoms with Crippen LogP contribution in [0.4, 0.5) is 4.39 Å². The zero-order valence-corrected chi connectivity index (χ0v) is 6.48. The van der Waals surface area contributed by atoms with Gasteiger partial charge in [-0.1, -0.05) is 12.1 Å². The smallest absolute Gasteiger partial charge is 0.415 e. The summed E-state index contributed by atoms with van der Waals surface area (Å²) in [5.41, 5.74) is 7.96. The molecule has 0 fully saturated rings. The summed E-state index contributed by atoms with van der Waals surface area (Å²) in [5, 5.41) is 0. The minimum absolute atomic E-state index is 0.201. The fourth-order valence-corrected chi connectivity index (χ4v) is 0.709. The zero-order chi connectivity index (χ0) is 9.68. The summed E-state index contributed by atoms with van der Waals surface area (Å²) < 4.78 is 17.3. The highest BCUT2D eigenvalue weighted by molar-refractivity contribution is 6.21. The molecule has 0 aliphatic rings. The SMILES string of the molecule is [N-]=[N+]=CC(=O)Oc1ccccc1F. The topological polar surface area (TPSA) is 62.7 Å². The molecule has 0 spiro atoms. The number of nitrogens with zero attached hydrogens (tertiary/aromatic N) is 2. The Morgan fingerprint density at radius 2 is 2.23 bits per heavy atom. The lowest BCUT2D eigenvalue weighted by Crippen LogP contribution is -2.10. The van der Waals surface area contributed by atoms with Crippen LogP contribution in [0.15, 0.2) is 24.3 Å². The lowest BCUT2D eigenvalue weighted by atomic mass is 10.3. The highest BCUT2D eigenvalue weighted by Crippen LogP contribution is 2.14. The van der Waals surface area contributed by atoms with E-state index in [1.165, 1.54) is 18.2 Å². The average molecular weight is 180 g/mol. The second-order valence-corrected chi connectivity index (χ2v) is 2.10. The van der Waals surface area contributed by atoms with Gasteiger partial charge in [-0.3, -0.25) is 0 Å². The third-order valence-corrected chi connectivity index (χ3v) is 1.21. The number of rotatable bonds is 2. The molecule has 4 nitrogen and oxygen atoms in total. The number of ether oxygens (including phenoxy) is 1. The number of para-hydroxylation sites is 1. The van der Waals surface area contributed by atoms with Crippen LogP contribution in [0.5, 0.6) is 5.75 Å². The van der Waals surface area contributed by atoms with Gasteiger partial charge in [-0.15, -0.1) is 0 Å². The molecule has 0 atom stereocenters. The molecule has 0 radical (unpaired) electrons. The van der Waals surface area contributed by atoms with Gasteiger partial charge < -0.3 is 10.3 Å². The number of halogens is 1. The number of esters is 1. The van der Waals surface area contributed by atoms with Gasteiger partial charge in [0.2, 0.25) is 0 Å². The third-order valence-electron chi connectivity index (χ3n) is 1.21. The molecule has 0 saturated heterocycles. The van der Waals surface area contributed by atoms with Crippen LogP contribution in [0, 0.1) is 5.82 Å². The van der Waals surface area contributed by atoms with Crippen LogP contribution < -0.4 is 4.74 Å². The molecular weight excluding hydrogens is 175 g/mol. The van der Waals surface area contributed by atoms with Crippen LogP contribution in [0.1, 0.15) is 0 Å². The predicted octanol–water partition coefficient (Wildman–Crippen LogP) is 1.03. The quantitative estimate of drug-likeness (QED) is 0.224. The first-order chi connectivity index (χ1) is 6.24. The second-order valence-electron chi connectivity index (χ2n) is 2.10. The molecule has 0 N–H and O–H groups in total. The van der Waals surface area contributed by atoms with E-state index < -0.39 is 11.8 Å². The number of benzene rings is 1. The first kappa shape index (κ1) is 9.09. The minimum atomic E-state index is -0.937. The highest BCUT2D eigenvalue weighted by Gasteiger charge is 2.08. The molecular formula is C8H5FN2O2. The summed E-state index contributed by atoms with van der Waals surface area (Å²) >= 11 is 0. The van der Waals surface area contributed by atoms with E-state index in [2.05, 4.69) is 9.53 Å². The Bertz CT molecular complexity index is 372.